The third kappa shape index (κ3) is 4.80. The van der Waals surface area contributed by atoms with Crippen molar-refractivity contribution in [1.82, 2.24) is 0 Å². The fraction of sp³-hybridized carbons (Fsp3) is 0.316. The molecule has 138 valence electrons. The van der Waals surface area contributed by atoms with E-state index in [0.717, 1.165) is 19.2 Å². The highest BCUT2D eigenvalue weighted by Crippen LogP contribution is 2.30. The van der Waals surface area contributed by atoms with Gasteiger partial charge in [-0.25, -0.2) is 0 Å². The van der Waals surface area contributed by atoms with E-state index in [2.05, 4.69) is 31.0 Å². The van der Waals surface area contributed by atoms with E-state index in [0.29, 0.717) is 6.54 Å². The largest absolute Gasteiger partial charge is 0.867 e. The van der Waals surface area contributed by atoms with Gasteiger partial charge in [0.1, 0.15) is 6.04 Å². The Morgan fingerprint density at radius 3 is 2.46 bits per heavy atom. The van der Waals surface area contributed by atoms with E-state index in [-0.39, 0.29) is 16.6 Å². The Balaban J connectivity index is 2.27. The van der Waals surface area contributed by atoms with Gasteiger partial charge < -0.3 is 10.0 Å². The lowest BCUT2D eigenvalue weighted by Crippen LogP contribution is -3.12. The predicted octanol–water partition coefficient (Wildman–Crippen LogP) is 2.41. The second kappa shape index (κ2) is 9.31. The molecule has 0 aliphatic carbocycles. The lowest BCUT2D eigenvalue weighted by atomic mass is 10.1. The van der Waals surface area contributed by atoms with E-state index in [1.54, 1.807) is 0 Å². The second-order valence-corrected chi connectivity index (χ2v) is 6.36. The number of quaternary nitrogens is 1. The summed E-state index contributed by atoms with van der Waals surface area (Å²) in [5.41, 5.74) is 0.765. The highest BCUT2D eigenvalue weighted by molar-refractivity contribution is 6.31. The Morgan fingerprint density at radius 1 is 1.23 bits per heavy atom. The summed E-state index contributed by atoms with van der Waals surface area (Å²) in [6.07, 6.45) is 1.39. The maximum Gasteiger partial charge on any atom is 0.263 e. The van der Waals surface area contributed by atoms with Gasteiger partial charge in [-0.3, -0.25) is 15.1 Å². The van der Waals surface area contributed by atoms with Crippen LogP contribution in [0.1, 0.15) is 31.0 Å². The monoisotopic (exact) mass is 375 g/mol. The molecule has 26 heavy (non-hydrogen) atoms. The second-order valence-electron chi connectivity index (χ2n) is 5.92. The van der Waals surface area contributed by atoms with Gasteiger partial charge in [0.2, 0.25) is 0 Å². The Morgan fingerprint density at radius 2 is 1.88 bits per heavy atom. The first kappa shape index (κ1) is 19.9. The van der Waals surface area contributed by atoms with Gasteiger partial charge in [-0.05, 0) is 31.2 Å². The molecule has 2 rings (SSSR count). The third-order valence-corrected chi connectivity index (χ3v) is 4.60. The number of aliphatic imine (C=N–C) groups is 1. The summed E-state index contributed by atoms with van der Waals surface area (Å²) >= 11 is 5.89. The summed E-state index contributed by atoms with van der Waals surface area (Å²) in [6, 6.07) is 12.7. The van der Waals surface area contributed by atoms with Crippen molar-refractivity contribution in [1.29, 1.82) is 0 Å². The van der Waals surface area contributed by atoms with Crippen LogP contribution in [-0.2, 0) is 0 Å². The zero-order valence-electron chi connectivity index (χ0n) is 14.8. The van der Waals surface area contributed by atoms with Gasteiger partial charge in [-0.2, -0.15) is 0 Å². The number of hydrogen-bond acceptors (Lipinski definition) is 4. The molecule has 0 spiro atoms. The number of halogens is 1. The molecule has 6 nitrogen and oxygen atoms in total. The standard InChI is InChI=1S/C19H22ClN3O3/c1-3-22(4-2)18(14-8-6-5-7-9-14)13-21-12-15-10-16(20)11-17(19(15)24)23(25)26/h5-12,18,24H,3-4,13H2,1-2H3/t18-/m1/s1. The normalized spacial score (nSPS) is 12.6. The summed E-state index contributed by atoms with van der Waals surface area (Å²) in [7, 11) is 0. The molecule has 0 heterocycles. The molecule has 7 heteroatoms. The number of nitrogens with one attached hydrogen (secondary N) is 1. The van der Waals surface area contributed by atoms with E-state index < -0.39 is 16.4 Å². The van der Waals surface area contributed by atoms with Crippen LogP contribution in [0.15, 0.2) is 47.5 Å². The summed E-state index contributed by atoms with van der Waals surface area (Å²) in [6.45, 7) is 6.60. The predicted molar refractivity (Wildman–Crippen MR) is 101 cm³/mol. The molecule has 0 saturated carbocycles. The number of nitrogens with zero attached hydrogens (tertiary/aromatic N) is 2. The quantitative estimate of drug-likeness (QED) is 0.437. The molecule has 0 amide bonds. The maximum absolute atomic E-state index is 12.2. The van der Waals surface area contributed by atoms with Gasteiger partial charge in [-0.1, -0.05) is 41.9 Å². The minimum Gasteiger partial charge on any atom is -0.867 e. The van der Waals surface area contributed by atoms with Crippen molar-refractivity contribution in [2.75, 3.05) is 19.6 Å². The maximum atomic E-state index is 12.2. The van der Waals surface area contributed by atoms with Crippen LogP contribution in [0.3, 0.4) is 0 Å². The number of likely N-dealkylation sites (N-methyl/N-ethyl adjacent to an activating group) is 1. The minimum atomic E-state index is -0.724. The molecule has 2 aromatic rings. The molecule has 0 bridgehead atoms. The van der Waals surface area contributed by atoms with Crippen LogP contribution in [-0.4, -0.2) is 30.8 Å². The molecule has 0 aliphatic heterocycles. The third-order valence-electron chi connectivity index (χ3n) is 4.38. The summed E-state index contributed by atoms with van der Waals surface area (Å²) < 4.78 is 0. The first-order valence-electron chi connectivity index (χ1n) is 8.52. The smallest absolute Gasteiger partial charge is 0.263 e. The SMILES string of the molecule is CC[NH+](CC)[C@H](CN=Cc1cc(Cl)cc([N+](=O)[O-])c1[O-])c1ccccc1. The number of hydrogen-bond donors (Lipinski definition) is 1. The molecule has 1 N–H and O–H groups in total. The molecule has 2 aromatic carbocycles. The zero-order valence-corrected chi connectivity index (χ0v) is 15.6. The van der Waals surface area contributed by atoms with Gasteiger partial charge in [0.05, 0.1) is 24.6 Å². The molecule has 0 unspecified atom stereocenters. The van der Waals surface area contributed by atoms with Crippen molar-refractivity contribution >= 4 is 23.5 Å². The van der Waals surface area contributed by atoms with Crippen LogP contribution in [0, 0.1) is 10.1 Å². The van der Waals surface area contributed by atoms with Gasteiger partial charge >= 0.3 is 0 Å². The van der Waals surface area contributed by atoms with Gasteiger partial charge in [-0.15, -0.1) is 0 Å². The topological polar surface area (TPSA) is 83.0 Å². The lowest BCUT2D eigenvalue weighted by molar-refractivity contribution is -0.926. The Kier molecular flexibility index (Phi) is 7.12. The van der Waals surface area contributed by atoms with E-state index >= 15 is 0 Å². The Hall–Kier alpha value is -2.44. The molecular weight excluding hydrogens is 354 g/mol. The van der Waals surface area contributed by atoms with Crippen molar-refractivity contribution in [2.45, 2.75) is 19.9 Å². The van der Waals surface area contributed by atoms with Gasteiger partial charge in [0.15, 0.2) is 0 Å². The molecule has 0 saturated heterocycles. The van der Waals surface area contributed by atoms with Crippen molar-refractivity contribution < 1.29 is 14.9 Å². The molecular formula is C19H22ClN3O3. The molecule has 0 aromatic heterocycles. The van der Waals surface area contributed by atoms with Crippen LogP contribution in [0.2, 0.25) is 5.02 Å². The van der Waals surface area contributed by atoms with E-state index in [1.165, 1.54) is 22.7 Å². The van der Waals surface area contributed by atoms with E-state index in [1.807, 2.05) is 18.2 Å². The molecule has 0 radical (unpaired) electrons. The van der Waals surface area contributed by atoms with Crippen LogP contribution < -0.4 is 10.0 Å². The summed E-state index contributed by atoms with van der Waals surface area (Å²) in [5.74, 6) is -0.672. The molecule has 1 atom stereocenters. The number of benzene rings is 2. The van der Waals surface area contributed by atoms with Gasteiger partial charge in [0.25, 0.3) is 5.69 Å². The van der Waals surface area contributed by atoms with Crippen LogP contribution in [0.25, 0.3) is 0 Å². The van der Waals surface area contributed by atoms with E-state index in [4.69, 9.17) is 11.6 Å². The number of nitro benzene ring substituents is 1. The minimum absolute atomic E-state index is 0.130. The summed E-state index contributed by atoms with van der Waals surface area (Å²) in [4.78, 5) is 16.0. The van der Waals surface area contributed by atoms with Crippen LogP contribution in [0.5, 0.6) is 5.75 Å². The average molecular weight is 376 g/mol. The fourth-order valence-corrected chi connectivity index (χ4v) is 3.21. The Labute approximate surface area is 157 Å². The summed E-state index contributed by atoms with van der Waals surface area (Å²) in [5, 5.41) is 23.3. The van der Waals surface area contributed by atoms with Crippen LogP contribution in [0.4, 0.5) is 5.69 Å². The first-order valence-corrected chi connectivity index (χ1v) is 8.90. The number of nitro groups is 1. The van der Waals surface area contributed by atoms with Crippen LogP contribution >= 0.6 is 11.6 Å². The Bertz CT molecular complexity index is 777. The van der Waals surface area contributed by atoms with Gasteiger partial charge in [0, 0.05) is 22.9 Å². The first-order chi connectivity index (χ1) is 12.5. The van der Waals surface area contributed by atoms with E-state index in [9.17, 15) is 15.2 Å². The highest BCUT2D eigenvalue weighted by Gasteiger charge is 2.20. The van der Waals surface area contributed by atoms with Crippen molar-refractivity contribution in [3.8, 4) is 5.75 Å². The van der Waals surface area contributed by atoms with Crippen molar-refractivity contribution in [3.05, 3.63) is 68.7 Å². The van der Waals surface area contributed by atoms with Crippen molar-refractivity contribution in [3.63, 3.8) is 0 Å². The molecule has 0 fully saturated rings. The number of rotatable bonds is 8. The molecule has 0 aliphatic rings. The highest BCUT2D eigenvalue weighted by atomic mass is 35.5. The lowest BCUT2D eigenvalue weighted by Gasteiger charge is -2.25. The van der Waals surface area contributed by atoms with Crippen molar-refractivity contribution in [2.24, 2.45) is 4.99 Å². The zero-order chi connectivity index (χ0) is 19.1. The fourth-order valence-electron chi connectivity index (χ4n) is 2.99. The average Bonchev–Trinajstić information content (AvgIpc) is 2.64.